The van der Waals surface area contributed by atoms with Gasteiger partial charge in [-0.15, -0.1) is 0 Å². The van der Waals surface area contributed by atoms with Crippen molar-refractivity contribution in [2.45, 2.75) is 19.9 Å². The van der Waals surface area contributed by atoms with Crippen LogP contribution in [-0.2, 0) is 0 Å². The zero-order valence-electron chi connectivity index (χ0n) is 8.72. The molecule has 0 fully saturated rings. The van der Waals surface area contributed by atoms with E-state index in [1.165, 1.54) is 11.1 Å². The van der Waals surface area contributed by atoms with Crippen molar-refractivity contribution < 1.29 is 4.74 Å². The van der Waals surface area contributed by atoms with Gasteiger partial charge in [0.05, 0.1) is 7.11 Å². The molecule has 0 bridgehead atoms. The van der Waals surface area contributed by atoms with Gasteiger partial charge in [0.1, 0.15) is 5.75 Å². The molecule has 0 aromatic heterocycles. The van der Waals surface area contributed by atoms with Crippen molar-refractivity contribution in [1.82, 2.24) is 5.32 Å². The van der Waals surface area contributed by atoms with Gasteiger partial charge in [0, 0.05) is 6.04 Å². The summed E-state index contributed by atoms with van der Waals surface area (Å²) in [4.78, 5) is 0. The molecule has 0 saturated heterocycles. The summed E-state index contributed by atoms with van der Waals surface area (Å²) >= 11 is 0. The van der Waals surface area contributed by atoms with Gasteiger partial charge in [-0.05, 0) is 38.1 Å². The van der Waals surface area contributed by atoms with Crippen molar-refractivity contribution in [1.29, 1.82) is 0 Å². The Kier molecular flexibility index (Phi) is 3.32. The summed E-state index contributed by atoms with van der Waals surface area (Å²) < 4.78 is 5.19. The van der Waals surface area contributed by atoms with Crippen LogP contribution in [-0.4, -0.2) is 14.2 Å². The molecule has 1 N–H and O–H groups in total. The maximum absolute atomic E-state index is 5.19. The van der Waals surface area contributed by atoms with E-state index in [-0.39, 0.29) is 0 Å². The first-order valence-corrected chi connectivity index (χ1v) is 4.51. The molecule has 0 aliphatic carbocycles. The normalized spacial score (nSPS) is 12.6. The molecular formula is C11H17NO. The monoisotopic (exact) mass is 179 g/mol. The van der Waals surface area contributed by atoms with E-state index < -0.39 is 0 Å². The molecule has 2 nitrogen and oxygen atoms in total. The van der Waals surface area contributed by atoms with Gasteiger partial charge >= 0.3 is 0 Å². The first-order chi connectivity index (χ1) is 6.19. The van der Waals surface area contributed by atoms with Crippen LogP contribution in [0.5, 0.6) is 5.75 Å². The third-order valence-electron chi connectivity index (χ3n) is 2.35. The number of aryl methyl sites for hydroxylation is 1. The predicted octanol–water partition coefficient (Wildman–Crippen LogP) is 2.28. The van der Waals surface area contributed by atoms with Gasteiger partial charge in [0.2, 0.25) is 0 Å². The lowest BCUT2D eigenvalue weighted by molar-refractivity contribution is 0.411. The third-order valence-corrected chi connectivity index (χ3v) is 2.35. The average molecular weight is 179 g/mol. The summed E-state index contributed by atoms with van der Waals surface area (Å²) in [5.41, 5.74) is 2.47. The van der Waals surface area contributed by atoms with Gasteiger partial charge in [0.25, 0.3) is 0 Å². The Balaban J connectivity index is 2.95. The summed E-state index contributed by atoms with van der Waals surface area (Å²) in [6, 6.07) is 6.65. The van der Waals surface area contributed by atoms with E-state index in [4.69, 9.17) is 4.74 Å². The SMILES string of the molecule is CNC(C)c1ccc(OC)c(C)c1. The lowest BCUT2D eigenvalue weighted by Gasteiger charge is -2.12. The van der Waals surface area contributed by atoms with Crippen LogP contribution in [0, 0.1) is 6.92 Å². The maximum Gasteiger partial charge on any atom is 0.121 e. The molecule has 2 heteroatoms. The minimum Gasteiger partial charge on any atom is -0.496 e. The molecule has 0 amide bonds. The molecule has 1 rings (SSSR count). The molecule has 0 heterocycles. The Labute approximate surface area is 79.9 Å². The highest BCUT2D eigenvalue weighted by Crippen LogP contribution is 2.21. The Morgan fingerprint density at radius 2 is 2.08 bits per heavy atom. The quantitative estimate of drug-likeness (QED) is 0.768. The van der Waals surface area contributed by atoms with Crippen LogP contribution in [0.15, 0.2) is 18.2 Å². The Morgan fingerprint density at radius 1 is 1.38 bits per heavy atom. The van der Waals surface area contributed by atoms with Crippen molar-refractivity contribution >= 4 is 0 Å². The molecule has 13 heavy (non-hydrogen) atoms. The minimum atomic E-state index is 0.393. The van der Waals surface area contributed by atoms with Crippen molar-refractivity contribution in [2.24, 2.45) is 0 Å². The summed E-state index contributed by atoms with van der Waals surface area (Å²) in [5, 5.41) is 3.21. The molecular weight excluding hydrogens is 162 g/mol. The van der Waals surface area contributed by atoms with E-state index in [0.29, 0.717) is 6.04 Å². The Bertz CT molecular complexity index is 283. The molecule has 0 aliphatic rings. The van der Waals surface area contributed by atoms with E-state index in [0.717, 1.165) is 5.75 Å². The number of hydrogen-bond donors (Lipinski definition) is 1. The van der Waals surface area contributed by atoms with Gasteiger partial charge in [-0.1, -0.05) is 12.1 Å². The number of hydrogen-bond acceptors (Lipinski definition) is 2. The second-order valence-electron chi connectivity index (χ2n) is 3.24. The fourth-order valence-corrected chi connectivity index (χ4v) is 1.34. The molecule has 72 valence electrons. The highest BCUT2D eigenvalue weighted by molar-refractivity contribution is 5.37. The summed E-state index contributed by atoms with van der Waals surface area (Å²) in [7, 11) is 3.66. The van der Waals surface area contributed by atoms with Gasteiger partial charge in [0.15, 0.2) is 0 Å². The lowest BCUT2D eigenvalue weighted by atomic mass is 10.1. The number of benzene rings is 1. The minimum absolute atomic E-state index is 0.393. The van der Waals surface area contributed by atoms with Crippen molar-refractivity contribution in [2.75, 3.05) is 14.2 Å². The summed E-state index contributed by atoms with van der Waals surface area (Å²) in [6.45, 7) is 4.20. The summed E-state index contributed by atoms with van der Waals surface area (Å²) in [6.07, 6.45) is 0. The summed E-state index contributed by atoms with van der Waals surface area (Å²) in [5.74, 6) is 0.951. The average Bonchev–Trinajstić information content (AvgIpc) is 2.16. The molecule has 1 aromatic carbocycles. The van der Waals surface area contributed by atoms with Crippen LogP contribution in [0.1, 0.15) is 24.1 Å². The second kappa shape index (κ2) is 4.28. The molecule has 0 spiro atoms. The topological polar surface area (TPSA) is 21.3 Å². The number of methoxy groups -OCH3 is 1. The first kappa shape index (κ1) is 10.1. The zero-order valence-corrected chi connectivity index (χ0v) is 8.72. The fraction of sp³-hybridized carbons (Fsp3) is 0.455. The second-order valence-corrected chi connectivity index (χ2v) is 3.24. The van der Waals surface area contributed by atoms with Crippen LogP contribution in [0.3, 0.4) is 0 Å². The Hall–Kier alpha value is -1.02. The highest BCUT2D eigenvalue weighted by atomic mass is 16.5. The molecule has 0 radical (unpaired) electrons. The Morgan fingerprint density at radius 3 is 2.54 bits per heavy atom. The standard InChI is InChI=1S/C11H17NO/c1-8-7-10(9(2)12-3)5-6-11(8)13-4/h5-7,9,12H,1-4H3. The van der Waals surface area contributed by atoms with Crippen LogP contribution in [0.2, 0.25) is 0 Å². The molecule has 0 aliphatic heterocycles. The lowest BCUT2D eigenvalue weighted by Crippen LogP contribution is -2.12. The number of nitrogens with one attached hydrogen (secondary N) is 1. The van der Waals surface area contributed by atoms with Gasteiger partial charge in [-0.3, -0.25) is 0 Å². The van der Waals surface area contributed by atoms with E-state index in [1.54, 1.807) is 7.11 Å². The van der Waals surface area contributed by atoms with Crippen LogP contribution < -0.4 is 10.1 Å². The van der Waals surface area contributed by atoms with E-state index >= 15 is 0 Å². The molecule has 1 unspecified atom stereocenters. The van der Waals surface area contributed by atoms with Crippen LogP contribution in [0.25, 0.3) is 0 Å². The number of ether oxygens (including phenoxy) is 1. The predicted molar refractivity (Wildman–Crippen MR) is 55.2 cm³/mol. The molecule has 0 saturated carbocycles. The van der Waals surface area contributed by atoms with Gasteiger partial charge in [-0.2, -0.15) is 0 Å². The van der Waals surface area contributed by atoms with Gasteiger partial charge in [-0.25, -0.2) is 0 Å². The van der Waals surface area contributed by atoms with Crippen LogP contribution >= 0.6 is 0 Å². The molecule has 1 aromatic rings. The van der Waals surface area contributed by atoms with Crippen molar-refractivity contribution in [3.05, 3.63) is 29.3 Å². The number of rotatable bonds is 3. The zero-order chi connectivity index (χ0) is 9.84. The van der Waals surface area contributed by atoms with Crippen LogP contribution in [0.4, 0.5) is 0 Å². The van der Waals surface area contributed by atoms with Gasteiger partial charge < -0.3 is 10.1 Å². The van der Waals surface area contributed by atoms with E-state index in [9.17, 15) is 0 Å². The fourth-order valence-electron chi connectivity index (χ4n) is 1.34. The van der Waals surface area contributed by atoms with E-state index in [1.807, 2.05) is 13.1 Å². The maximum atomic E-state index is 5.19. The first-order valence-electron chi connectivity index (χ1n) is 4.51. The molecule has 1 atom stereocenters. The van der Waals surface area contributed by atoms with Crippen molar-refractivity contribution in [3.63, 3.8) is 0 Å². The van der Waals surface area contributed by atoms with E-state index in [2.05, 4.69) is 31.3 Å². The third kappa shape index (κ3) is 2.22. The van der Waals surface area contributed by atoms with Crippen molar-refractivity contribution in [3.8, 4) is 5.75 Å². The highest BCUT2D eigenvalue weighted by Gasteiger charge is 2.04. The smallest absolute Gasteiger partial charge is 0.121 e. The largest absolute Gasteiger partial charge is 0.496 e.